The Morgan fingerprint density at radius 3 is 2.69 bits per heavy atom. The first-order valence-electron chi connectivity index (χ1n) is 4.51. The minimum absolute atomic E-state index is 0.0742. The van der Waals surface area contributed by atoms with E-state index in [9.17, 15) is 8.78 Å². The van der Waals surface area contributed by atoms with Crippen LogP contribution >= 0.6 is 0 Å². The lowest BCUT2D eigenvalue weighted by molar-refractivity contribution is 0.0814. The first-order chi connectivity index (χ1) is 6.13. The molecule has 1 rings (SSSR count). The van der Waals surface area contributed by atoms with Gasteiger partial charge in [-0.05, 0) is 26.3 Å². The van der Waals surface area contributed by atoms with Crippen LogP contribution in [-0.2, 0) is 0 Å². The highest BCUT2D eigenvalue weighted by atomic mass is 19.3. The van der Waals surface area contributed by atoms with E-state index >= 15 is 0 Å². The highest BCUT2D eigenvalue weighted by Gasteiger charge is 2.28. The molecule has 2 nitrogen and oxygen atoms in total. The molecule has 1 aliphatic carbocycles. The summed E-state index contributed by atoms with van der Waals surface area (Å²) in [4.78, 5) is 1.67. The Morgan fingerprint density at radius 2 is 2.23 bits per heavy atom. The zero-order valence-corrected chi connectivity index (χ0v) is 7.71. The fraction of sp³-hybridized carbons (Fsp3) is 0.889. The Kier molecular flexibility index (Phi) is 3.61. The standard InChI is InChI=1S/C9H14F2N2/c1-13(6-9(10)11)8-3-2-7(4-8)5-12/h7-9H,2-4,6H2,1H3. The molecule has 0 spiro atoms. The normalized spacial score (nSPS) is 28.3. The van der Waals surface area contributed by atoms with Crippen LogP contribution in [0.3, 0.4) is 0 Å². The fourth-order valence-corrected chi connectivity index (χ4v) is 1.84. The number of halogens is 2. The SMILES string of the molecule is CN(CC(F)F)C1CCC(C#N)C1. The molecule has 4 heteroatoms. The summed E-state index contributed by atoms with van der Waals surface area (Å²) in [5, 5.41) is 8.63. The van der Waals surface area contributed by atoms with E-state index in [-0.39, 0.29) is 18.5 Å². The van der Waals surface area contributed by atoms with E-state index in [1.807, 2.05) is 0 Å². The lowest BCUT2D eigenvalue weighted by Crippen LogP contribution is -2.33. The third-order valence-corrected chi connectivity index (χ3v) is 2.64. The molecule has 0 aromatic rings. The minimum atomic E-state index is -2.27. The van der Waals surface area contributed by atoms with Gasteiger partial charge in [0.25, 0.3) is 6.43 Å². The topological polar surface area (TPSA) is 27.0 Å². The van der Waals surface area contributed by atoms with Crippen molar-refractivity contribution in [2.24, 2.45) is 5.92 Å². The van der Waals surface area contributed by atoms with E-state index in [1.165, 1.54) is 0 Å². The van der Waals surface area contributed by atoms with Crippen LogP contribution in [0.5, 0.6) is 0 Å². The summed E-state index contributed by atoms with van der Waals surface area (Å²) in [6, 6.07) is 2.37. The van der Waals surface area contributed by atoms with Crippen LogP contribution in [0.15, 0.2) is 0 Å². The van der Waals surface area contributed by atoms with Crippen LogP contribution in [0.2, 0.25) is 0 Å². The number of alkyl halides is 2. The monoisotopic (exact) mass is 188 g/mol. The van der Waals surface area contributed by atoms with Crippen LogP contribution in [0.4, 0.5) is 8.78 Å². The van der Waals surface area contributed by atoms with Crippen LogP contribution in [0.1, 0.15) is 19.3 Å². The van der Waals surface area contributed by atoms with Gasteiger partial charge in [0.05, 0.1) is 12.6 Å². The largest absolute Gasteiger partial charge is 0.298 e. The van der Waals surface area contributed by atoms with Crippen molar-refractivity contribution in [1.29, 1.82) is 5.26 Å². The van der Waals surface area contributed by atoms with Gasteiger partial charge in [-0.25, -0.2) is 8.78 Å². The van der Waals surface area contributed by atoms with Crippen molar-refractivity contribution in [2.45, 2.75) is 31.7 Å². The number of hydrogen-bond donors (Lipinski definition) is 0. The van der Waals surface area contributed by atoms with Crippen molar-refractivity contribution < 1.29 is 8.78 Å². The average Bonchev–Trinajstić information content (AvgIpc) is 2.50. The molecule has 1 fully saturated rings. The van der Waals surface area contributed by atoms with Gasteiger partial charge in [0.15, 0.2) is 0 Å². The highest BCUT2D eigenvalue weighted by molar-refractivity contribution is 4.93. The van der Waals surface area contributed by atoms with Crippen LogP contribution < -0.4 is 0 Å². The van der Waals surface area contributed by atoms with E-state index in [1.54, 1.807) is 11.9 Å². The summed E-state index contributed by atoms with van der Waals surface area (Å²) in [6.07, 6.45) is 0.210. The van der Waals surface area contributed by atoms with Gasteiger partial charge in [-0.15, -0.1) is 0 Å². The Hall–Kier alpha value is -0.690. The van der Waals surface area contributed by atoms with E-state index in [0.717, 1.165) is 19.3 Å². The maximum atomic E-state index is 12.0. The van der Waals surface area contributed by atoms with Crippen LogP contribution in [0.25, 0.3) is 0 Å². The summed E-state index contributed by atoms with van der Waals surface area (Å²) in [7, 11) is 1.70. The molecule has 1 aliphatic rings. The third-order valence-electron chi connectivity index (χ3n) is 2.64. The van der Waals surface area contributed by atoms with Crippen molar-refractivity contribution >= 4 is 0 Å². The van der Waals surface area contributed by atoms with E-state index < -0.39 is 6.43 Å². The number of nitrogens with zero attached hydrogens (tertiary/aromatic N) is 2. The van der Waals surface area contributed by atoms with E-state index in [4.69, 9.17) is 5.26 Å². The van der Waals surface area contributed by atoms with Crippen LogP contribution in [-0.4, -0.2) is 31.0 Å². The van der Waals surface area contributed by atoms with Crippen molar-refractivity contribution in [3.8, 4) is 6.07 Å². The predicted molar refractivity (Wildman–Crippen MR) is 45.4 cm³/mol. The molecule has 0 aromatic heterocycles. The average molecular weight is 188 g/mol. The zero-order chi connectivity index (χ0) is 9.84. The minimum Gasteiger partial charge on any atom is -0.298 e. The Bertz CT molecular complexity index is 200. The summed E-state index contributed by atoms with van der Waals surface area (Å²) in [6.45, 7) is -0.178. The third kappa shape index (κ3) is 2.92. The molecule has 2 atom stereocenters. The van der Waals surface area contributed by atoms with Crippen LogP contribution in [0, 0.1) is 17.2 Å². The van der Waals surface area contributed by atoms with Gasteiger partial charge < -0.3 is 0 Å². The molecule has 0 heterocycles. The molecule has 0 saturated heterocycles. The Labute approximate surface area is 77.1 Å². The number of rotatable bonds is 3. The molecule has 0 N–H and O–H groups in total. The summed E-state index contributed by atoms with van der Waals surface area (Å²) >= 11 is 0. The molecule has 0 radical (unpaired) electrons. The van der Waals surface area contributed by atoms with Gasteiger partial charge >= 0.3 is 0 Å². The van der Waals surface area contributed by atoms with Crippen molar-refractivity contribution in [2.75, 3.05) is 13.6 Å². The molecule has 0 amide bonds. The molecular formula is C9H14F2N2. The van der Waals surface area contributed by atoms with Crippen molar-refractivity contribution in [3.63, 3.8) is 0 Å². The highest BCUT2D eigenvalue weighted by Crippen LogP contribution is 2.28. The maximum absolute atomic E-state index is 12.0. The summed E-state index contributed by atoms with van der Waals surface area (Å²) in [5.74, 6) is 0.0742. The molecule has 0 bridgehead atoms. The van der Waals surface area contributed by atoms with Crippen molar-refractivity contribution in [1.82, 2.24) is 4.90 Å². The first-order valence-corrected chi connectivity index (χ1v) is 4.51. The summed E-state index contributed by atoms with van der Waals surface area (Å²) < 4.78 is 24.0. The summed E-state index contributed by atoms with van der Waals surface area (Å²) in [5.41, 5.74) is 0. The lowest BCUT2D eigenvalue weighted by Gasteiger charge is -2.23. The number of hydrogen-bond acceptors (Lipinski definition) is 2. The molecular weight excluding hydrogens is 174 g/mol. The second kappa shape index (κ2) is 4.52. The van der Waals surface area contributed by atoms with Gasteiger partial charge in [-0.2, -0.15) is 5.26 Å². The quantitative estimate of drug-likeness (QED) is 0.676. The second-order valence-electron chi connectivity index (χ2n) is 3.62. The predicted octanol–water partition coefficient (Wildman–Crippen LogP) is 1.88. The number of nitriles is 1. The van der Waals surface area contributed by atoms with Gasteiger partial charge in [0.2, 0.25) is 0 Å². The molecule has 2 unspecified atom stereocenters. The van der Waals surface area contributed by atoms with Crippen molar-refractivity contribution in [3.05, 3.63) is 0 Å². The van der Waals surface area contributed by atoms with E-state index in [2.05, 4.69) is 6.07 Å². The van der Waals surface area contributed by atoms with Gasteiger partial charge in [-0.3, -0.25) is 4.90 Å². The Balaban J connectivity index is 2.34. The van der Waals surface area contributed by atoms with E-state index in [0.29, 0.717) is 0 Å². The molecule has 0 aromatic carbocycles. The smallest absolute Gasteiger partial charge is 0.251 e. The maximum Gasteiger partial charge on any atom is 0.251 e. The zero-order valence-electron chi connectivity index (χ0n) is 7.71. The molecule has 13 heavy (non-hydrogen) atoms. The second-order valence-corrected chi connectivity index (χ2v) is 3.62. The molecule has 1 saturated carbocycles. The molecule has 74 valence electrons. The Morgan fingerprint density at radius 1 is 1.54 bits per heavy atom. The molecule has 0 aliphatic heterocycles. The van der Waals surface area contributed by atoms with Gasteiger partial charge in [0, 0.05) is 12.0 Å². The first kappa shape index (κ1) is 10.4. The van der Waals surface area contributed by atoms with Gasteiger partial charge in [-0.1, -0.05) is 0 Å². The fourth-order valence-electron chi connectivity index (χ4n) is 1.84. The van der Waals surface area contributed by atoms with Gasteiger partial charge in [0.1, 0.15) is 0 Å². The lowest BCUT2D eigenvalue weighted by atomic mass is 10.1.